The molecule has 0 unspecified atom stereocenters. The zero-order chi connectivity index (χ0) is 23.7. The van der Waals surface area contributed by atoms with Gasteiger partial charge in [0.2, 0.25) is 10.0 Å². The lowest BCUT2D eigenvalue weighted by atomic mass is 9.97. The van der Waals surface area contributed by atoms with E-state index < -0.39 is 10.0 Å². The van der Waals surface area contributed by atoms with Gasteiger partial charge < -0.3 is 9.47 Å². The molecule has 1 fully saturated rings. The van der Waals surface area contributed by atoms with Crippen molar-refractivity contribution in [3.63, 3.8) is 0 Å². The molecule has 2 aliphatic heterocycles. The highest BCUT2D eigenvalue weighted by atomic mass is 32.2. The molecule has 9 heteroatoms. The summed E-state index contributed by atoms with van der Waals surface area (Å²) in [6.45, 7) is 0.905. The van der Waals surface area contributed by atoms with Crippen molar-refractivity contribution in [1.82, 2.24) is 4.31 Å². The van der Waals surface area contributed by atoms with Gasteiger partial charge in [-0.25, -0.2) is 13.2 Å². The van der Waals surface area contributed by atoms with E-state index in [-0.39, 0.29) is 23.6 Å². The van der Waals surface area contributed by atoms with E-state index in [9.17, 15) is 13.2 Å². The van der Waals surface area contributed by atoms with Crippen molar-refractivity contribution in [2.75, 3.05) is 18.0 Å². The molecule has 0 spiro atoms. The fourth-order valence-electron chi connectivity index (χ4n) is 4.36. The number of cyclic esters (lactones) is 1. The average Bonchev–Trinajstić information content (AvgIpc) is 2.86. The maximum Gasteiger partial charge on any atom is 0.414 e. The number of para-hydroxylation sites is 1. The third kappa shape index (κ3) is 4.41. The molecule has 5 rings (SSSR count). The summed E-state index contributed by atoms with van der Waals surface area (Å²) < 4.78 is 39.0. The molecule has 2 radical (unpaired) electrons. The first-order valence-corrected chi connectivity index (χ1v) is 12.5. The molecule has 7 nitrogen and oxygen atoms in total. The smallest absolute Gasteiger partial charge is 0.414 e. The van der Waals surface area contributed by atoms with Crippen LogP contribution in [0.25, 0.3) is 0 Å². The summed E-state index contributed by atoms with van der Waals surface area (Å²) in [6.07, 6.45) is 0.679. The minimum atomic E-state index is -3.66. The van der Waals surface area contributed by atoms with E-state index in [1.807, 2.05) is 24.3 Å². The molecule has 2 aliphatic rings. The predicted molar refractivity (Wildman–Crippen MR) is 129 cm³/mol. The van der Waals surface area contributed by atoms with Crippen molar-refractivity contribution in [3.05, 3.63) is 78.4 Å². The summed E-state index contributed by atoms with van der Waals surface area (Å²) in [5, 5.41) is 0. The van der Waals surface area contributed by atoms with Gasteiger partial charge in [-0.1, -0.05) is 35.8 Å². The van der Waals surface area contributed by atoms with Crippen LogP contribution in [0.4, 0.5) is 10.5 Å². The zero-order valence-corrected chi connectivity index (χ0v) is 19.3. The lowest BCUT2D eigenvalue weighted by Crippen LogP contribution is -2.50. The zero-order valence-electron chi connectivity index (χ0n) is 18.5. The Balaban J connectivity index is 1.26. The second-order valence-electron chi connectivity index (χ2n) is 8.33. The van der Waals surface area contributed by atoms with Crippen LogP contribution in [0.2, 0.25) is 0 Å². The number of benzene rings is 3. The highest BCUT2D eigenvalue weighted by molar-refractivity contribution is 7.89. The molecule has 0 atom stereocenters. The second kappa shape index (κ2) is 9.16. The van der Waals surface area contributed by atoms with E-state index in [0.29, 0.717) is 42.9 Å². The van der Waals surface area contributed by atoms with Crippen LogP contribution in [0, 0.1) is 0 Å². The molecule has 3 aromatic rings. The highest BCUT2D eigenvalue weighted by Crippen LogP contribution is 2.33. The highest BCUT2D eigenvalue weighted by Gasteiger charge is 2.37. The second-order valence-corrected chi connectivity index (χ2v) is 10.3. The summed E-state index contributed by atoms with van der Waals surface area (Å²) in [6, 6.07) is 20.9. The number of amides is 1. The monoisotopic (exact) mass is 474 g/mol. The van der Waals surface area contributed by atoms with Crippen molar-refractivity contribution in [3.8, 4) is 11.5 Å². The minimum Gasteiger partial charge on any atom is -0.457 e. The molecule has 0 aliphatic carbocycles. The fraction of sp³-hybridized carbons (Fsp3) is 0.240. The maximum absolute atomic E-state index is 13.2. The van der Waals surface area contributed by atoms with Gasteiger partial charge in [-0.15, -0.1) is 0 Å². The Kier molecular flexibility index (Phi) is 6.06. The number of ether oxygens (including phenoxy) is 2. The summed E-state index contributed by atoms with van der Waals surface area (Å²) in [5.74, 6) is 1.15. The molecular formula is C25H23BN2O5S. The molecule has 2 heterocycles. The van der Waals surface area contributed by atoms with Gasteiger partial charge in [-0.05, 0) is 55.3 Å². The van der Waals surface area contributed by atoms with Crippen LogP contribution in [0.5, 0.6) is 11.5 Å². The number of carbonyl (C=O) groups is 1. The Bertz CT molecular complexity index is 1290. The van der Waals surface area contributed by atoms with Crippen LogP contribution < -0.4 is 15.1 Å². The molecule has 1 amide bonds. The first-order valence-electron chi connectivity index (χ1n) is 11.1. The normalized spacial score (nSPS) is 17.2. The number of nitrogens with zero attached hydrogens (tertiary/aromatic N) is 2. The van der Waals surface area contributed by atoms with Gasteiger partial charge in [-0.3, -0.25) is 4.90 Å². The number of fused-ring (bicyclic) bond motifs is 1. The van der Waals surface area contributed by atoms with Gasteiger partial charge in [0, 0.05) is 24.7 Å². The molecule has 0 bridgehead atoms. The Morgan fingerprint density at radius 3 is 2.18 bits per heavy atom. The Hall–Kier alpha value is -3.30. The SMILES string of the molecule is [B]c1ccc(Oc2ccc(S(=O)(=O)N3CCC(N4C(=O)OCc5ccccc54)CC3)cc2)cc1. The molecule has 0 aromatic heterocycles. The quantitative estimate of drug-likeness (QED) is 0.529. The summed E-state index contributed by atoms with van der Waals surface area (Å²) in [7, 11) is 2.03. The maximum atomic E-state index is 13.2. The third-order valence-corrected chi connectivity index (χ3v) is 8.08. The Morgan fingerprint density at radius 1 is 0.882 bits per heavy atom. The predicted octanol–water partition coefficient (Wildman–Crippen LogP) is 3.58. The lowest BCUT2D eigenvalue weighted by Gasteiger charge is -2.39. The standard InChI is InChI=1S/C25H23BN2O5S/c26-19-5-7-21(8-6-19)33-22-9-11-23(12-10-22)34(30,31)27-15-13-20(14-16-27)28-24-4-2-1-3-18(24)17-32-25(28)29/h1-12,20H,13-17H2. The molecule has 0 saturated carbocycles. The molecule has 0 N–H and O–H groups in total. The molecular weight excluding hydrogens is 451 g/mol. The topological polar surface area (TPSA) is 76.2 Å². The van der Waals surface area contributed by atoms with Gasteiger partial charge >= 0.3 is 6.09 Å². The van der Waals surface area contributed by atoms with Crippen molar-refractivity contribution in [1.29, 1.82) is 0 Å². The van der Waals surface area contributed by atoms with Crippen LogP contribution in [0.3, 0.4) is 0 Å². The fourth-order valence-corrected chi connectivity index (χ4v) is 5.83. The summed E-state index contributed by atoms with van der Waals surface area (Å²) in [4.78, 5) is 14.4. The van der Waals surface area contributed by atoms with Crippen LogP contribution >= 0.6 is 0 Å². The van der Waals surface area contributed by atoms with Crippen LogP contribution in [0.15, 0.2) is 77.7 Å². The molecule has 3 aromatic carbocycles. The number of hydrogen-bond acceptors (Lipinski definition) is 5. The van der Waals surface area contributed by atoms with E-state index in [1.165, 1.54) is 4.31 Å². The Labute approximate surface area is 200 Å². The van der Waals surface area contributed by atoms with E-state index in [4.69, 9.17) is 17.3 Å². The number of anilines is 1. The molecule has 34 heavy (non-hydrogen) atoms. The summed E-state index contributed by atoms with van der Waals surface area (Å²) in [5.41, 5.74) is 2.44. The van der Waals surface area contributed by atoms with Crippen LogP contribution in [-0.2, 0) is 21.4 Å². The van der Waals surface area contributed by atoms with Crippen LogP contribution in [-0.4, -0.2) is 45.8 Å². The van der Waals surface area contributed by atoms with E-state index in [2.05, 4.69) is 0 Å². The molecule has 172 valence electrons. The van der Waals surface area contributed by atoms with Crippen molar-refractivity contribution in [2.45, 2.75) is 30.4 Å². The van der Waals surface area contributed by atoms with E-state index >= 15 is 0 Å². The van der Waals surface area contributed by atoms with Crippen molar-refractivity contribution < 1.29 is 22.7 Å². The third-order valence-electron chi connectivity index (χ3n) is 6.16. The van der Waals surface area contributed by atoms with E-state index in [0.717, 1.165) is 11.3 Å². The van der Waals surface area contributed by atoms with Gasteiger partial charge in [0.1, 0.15) is 26.0 Å². The number of hydrogen-bond donors (Lipinski definition) is 0. The van der Waals surface area contributed by atoms with Gasteiger partial charge in [0.15, 0.2) is 0 Å². The number of rotatable bonds is 5. The summed E-state index contributed by atoms with van der Waals surface area (Å²) >= 11 is 0. The minimum absolute atomic E-state index is 0.115. The lowest BCUT2D eigenvalue weighted by molar-refractivity contribution is 0.136. The number of piperidine rings is 1. The largest absolute Gasteiger partial charge is 0.457 e. The van der Waals surface area contributed by atoms with Crippen molar-refractivity contribution in [2.24, 2.45) is 0 Å². The van der Waals surface area contributed by atoms with E-state index in [1.54, 1.807) is 53.4 Å². The van der Waals surface area contributed by atoms with Gasteiger partial charge in [-0.2, -0.15) is 4.31 Å². The van der Waals surface area contributed by atoms with Gasteiger partial charge in [0.25, 0.3) is 0 Å². The van der Waals surface area contributed by atoms with Crippen LogP contribution in [0.1, 0.15) is 18.4 Å². The first kappa shape index (κ1) is 22.5. The average molecular weight is 474 g/mol. The first-order chi connectivity index (χ1) is 16.4. The number of carbonyl (C=O) groups excluding carboxylic acids is 1. The number of sulfonamides is 1. The molecule has 1 saturated heterocycles. The van der Waals surface area contributed by atoms with Gasteiger partial charge in [0.05, 0.1) is 10.6 Å². The van der Waals surface area contributed by atoms with Crippen molar-refractivity contribution >= 4 is 35.1 Å². The Morgan fingerprint density at radius 2 is 1.50 bits per heavy atom.